The number of morpholine rings is 1. The molecule has 0 aliphatic carbocycles. The fraction of sp³-hybridized carbons (Fsp3) is 0.909. The Bertz CT molecular complexity index is 215. The van der Waals surface area contributed by atoms with Crippen LogP contribution in [0.15, 0.2) is 0 Å². The van der Waals surface area contributed by atoms with E-state index in [-0.39, 0.29) is 18.1 Å². The number of aliphatic hydroxyl groups excluding tert-OH is 1. The number of carbonyl (C=O) groups is 1. The highest BCUT2D eigenvalue weighted by Crippen LogP contribution is 2.05. The molecule has 2 N–H and O–H groups in total. The van der Waals surface area contributed by atoms with Gasteiger partial charge in [-0.2, -0.15) is 0 Å². The molecule has 16 heavy (non-hydrogen) atoms. The molecule has 2 atom stereocenters. The smallest absolute Gasteiger partial charge is 0.224 e. The van der Waals surface area contributed by atoms with E-state index in [4.69, 9.17) is 9.84 Å². The summed E-state index contributed by atoms with van der Waals surface area (Å²) in [6.45, 7) is 4.61. The summed E-state index contributed by atoms with van der Waals surface area (Å²) in [5, 5.41) is 12.3. The Morgan fingerprint density at radius 1 is 1.69 bits per heavy atom. The maximum absolute atomic E-state index is 11.8. The van der Waals surface area contributed by atoms with Crippen molar-refractivity contribution in [2.75, 3.05) is 33.3 Å². The van der Waals surface area contributed by atoms with Crippen LogP contribution >= 0.6 is 0 Å². The van der Waals surface area contributed by atoms with Crippen molar-refractivity contribution in [1.82, 2.24) is 10.2 Å². The van der Waals surface area contributed by atoms with Crippen molar-refractivity contribution in [3.8, 4) is 0 Å². The third-order valence-corrected chi connectivity index (χ3v) is 2.71. The van der Waals surface area contributed by atoms with Crippen LogP contribution in [0.1, 0.15) is 19.8 Å². The van der Waals surface area contributed by atoms with E-state index in [0.717, 1.165) is 13.1 Å². The molecule has 0 saturated carbocycles. The van der Waals surface area contributed by atoms with Gasteiger partial charge in [0, 0.05) is 26.7 Å². The Labute approximate surface area is 96.8 Å². The normalized spacial score (nSPS) is 22.8. The van der Waals surface area contributed by atoms with Crippen LogP contribution in [-0.2, 0) is 9.53 Å². The minimum absolute atomic E-state index is 0.00440. The zero-order valence-electron chi connectivity index (χ0n) is 10.1. The quantitative estimate of drug-likeness (QED) is 0.674. The first-order chi connectivity index (χ1) is 7.59. The van der Waals surface area contributed by atoms with Crippen molar-refractivity contribution in [3.63, 3.8) is 0 Å². The zero-order chi connectivity index (χ0) is 12.0. The highest BCUT2D eigenvalue weighted by Gasteiger charge is 2.19. The molecule has 0 aromatic heterocycles. The van der Waals surface area contributed by atoms with E-state index in [1.165, 1.54) is 0 Å². The summed E-state index contributed by atoms with van der Waals surface area (Å²) in [5.74, 6) is 0.0781. The molecule has 94 valence electrons. The molecule has 0 radical (unpaired) electrons. The number of amides is 1. The first kappa shape index (κ1) is 13.4. The molecule has 1 aliphatic rings. The van der Waals surface area contributed by atoms with E-state index in [0.29, 0.717) is 26.0 Å². The second-order valence-corrected chi connectivity index (χ2v) is 4.35. The number of hydrogen-bond acceptors (Lipinski definition) is 4. The van der Waals surface area contributed by atoms with Gasteiger partial charge < -0.3 is 20.1 Å². The van der Waals surface area contributed by atoms with Gasteiger partial charge in [-0.3, -0.25) is 4.79 Å². The van der Waals surface area contributed by atoms with Crippen LogP contribution in [0.5, 0.6) is 0 Å². The molecule has 2 unspecified atom stereocenters. The minimum atomic E-state index is -0.358. The number of nitrogens with one attached hydrogen (secondary N) is 1. The first-order valence-electron chi connectivity index (χ1n) is 5.84. The van der Waals surface area contributed by atoms with Gasteiger partial charge in [0.15, 0.2) is 0 Å². The molecule has 1 fully saturated rings. The average Bonchev–Trinajstić information content (AvgIpc) is 2.27. The lowest BCUT2D eigenvalue weighted by Crippen LogP contribution is -2.42. The van der Waals surface area contributed by atoms with E-state index in [1.807, 2.05) is 0 Å². The van der Waals surface area contributed by atoms with Crippen LogP contribution in [0, 0.1) is 0 Å². The Kier molecular flexibility index (Phi) is 5.73. The summed E-state index contributed by atoms with van der Waals surface area (Å²) in [6.07, 6.45) is 0.674. The Hall–Kier alpha value is -0.650. The summed E-state index contributed by atoms with van der Waals surface area (Å²) in [6, 6.07) is 0. The third-order valence-electron chi connectivity index (χ3n) is 2.71. The fourth-order valence-electron chi connectivity index (χ4n) is 1.61. The summed E-state index contributed by atoms with van der Waals surface area (Å²) >= 11 is 0. The molecular weight excluding hydrogens is 208 g/mol. The molecule has 0 aromatic rings. The monoisotopic (exact) mass is 230 g/mol. The SMILES string of the molecule is CC(O)CCN(C)C(=O)CC1CNCCO1. The molecule has 0 spiro atoms. The van der Waals surface area contributed by atoms with Gasteiger partial charge in [0.05, 0.1) is 25.2 Å². The molecule has 5 nitrogen and oxygen atoms in total. The highest BCUT2D eigenvalue weighted by molar-refractivity contribution is 5.76. The lowest BCUT2D eigenvalue weighted by atomic mass is 10.2. The van der Waals surface area contributed by atoms with Gasteiger partial charge in [-0.1, -0.05) is 0 Å². The van der Waals surface area contributed by atoms with Crippen LogP contribution in [-0.4, -0.2) is 61.4 Å². The van der Waals surface area contributed by atoms with Crippen molar-refractivity contribution in [1.29, 1.82) is 0 Å². The predicted octanol–water partition coefficient (Wildman–Crippen LogP) is -0.406. The molecule has 1 rings (SSSR count). The lowest BCUT2D eigenvalue weighted by Gasteiger charge is -2.25. The zero-order valence-corrected chi connectivity index (χ0v) is 10.1. The summed E-state index contributed by atoms with van der Waals surface area (Å²) in [4.78, 5) is 13.4. The molecular formula is C11H22N2O3. The largest absolute Gasteiger partial charge is 0.393 e. The van der Waals surface area contributed by atoms with Gasteiger partial charge in [-0.05, 0) is 13.3 Å². The van der Waals surface area contributed by atoms with E-state index in [1.54, 1.807) is 18.9 Å². The van der Waals surface area contributed by atoms with Crippen LogP contribution in [0.2, 0.25) is 0 Å². The van der Waals surface area contributed by atoms with Crippen LogP contribution in [0.4, 0.5) is 0 Å². The summed E-state index contributed by atoms with van der Waals surface area (Å²) in [7, 11) is 1.76. The van der Waals surface area contributed by atoms with Crippen molar-refractivity contribution >= 4 is 5.91 Å². The van der Waals surface area contributed by atoms with Gasteiger partial charge >= 0.3 is 0 Å². The van der Waals surface area contributed by atoms with Crippen LogP contribution in [0.25, 0.3) is 0 Å². The van der Waals surface area contributed by atoms with Gasteiger partial charge in [0.1, 0.15) is 0 Å². The minimum Gasteiger partial charge on any atom is -0.393 e. The predicted molar refractivity (Wildman–Crippen MR) is 61.2 cm³/mol. The van der Waals surface area contributed by atoms with E-state index in [2.05, 4.69) is 5.32 Å². The van der Waals surface area contributed by atoms with Gasteiger partial charge in [0.2, 0.25) is 5.91 Å². The second kappa shape index (κ2) is 6.83. The number of aliphatic hydroxyl groups is 1. The maximum Gasteiger partial charge on any atom is 0.224 e. The molecule has 5 heteroatoms. The Balaban J connectivity index is 2.22. The van der Waals surface area contributed by atoms with Gasteiger partial charge in [-0.25, -0.2) is 0 Å². The number of carbonyl (C=O) groups excluding carboxylic acids is 1. The molecule has 0 bridgehead atoms. The number of ether oxygens (including phenoxy) is 1. The van der Waals surface area contributed by atoms with Crippen LogP contribution in [0.3, 0.4) is 0 Å². The van der Waals surface area contributed by atoms with Crippen molar-refractivity contribution in [3.05, 3.63) is 0 Å². The number of hydrogen-bond donors (Lipinski definition) is 2. The van der Waals surface area contributed by atoms with Gasteiger partial charge in [-0.15, -0.1) is 0 Å². The number of nitrogens with zero attached hydrogens (tertiary/aromatic N) is 1. The molecule has 1 heterocycles. The summed E-state index contributed by atoms with van der Waals surface area (Å²) in [5.41, 5.74) is 0. The number of rotatable bonds is 5. The van der Waals surface area contributed by atoms with Crippen molar-refractivity contribution in [2.24, 2.45) is 0 Å². The van der Waals surface area contributed by atoms with Crippen LogP contribution < -0.4 is 5.32 Å². The second-order valence-electron chi connectivity index (χ2n) is 4.35. The maximum atomic E-state index is 11.8. The van der Waals surface area contributed by atoms with E-state index in [9.17, 15) is 4.79 Å². The summed E-state index contributed by atoms with van der Waals surface area (Å²) < 4.78 is 5.46. The average molecular weight is 230 g/mol. The molecule has 1 saturated heterocycles. The third kappa shape index (κ3) is 4.92. The van der Waals surface area contributed by atoms with E-state index < -0.39 is 0 Å². The standard InChI is InChI=1S/C11H22N2O3/c1-9(14)3-5-13(2)11(15)7-10-8-12-4-6-16-10/h9-10,12,14H,3-8H2,1-2H3. The fourth-order valence-corrected chi connectivity index (χ4v) is 1.61. The molecule has 1 amide bonds. The van der Waals surface area contributed by atoms with Crippen molar-refractivity contribution in [2.45, 2.75) is 32.0 Å². The Morgan fingerprint density at radius 2 is 2.44 bits per heavy atom. The van der Waals surface area contributed by atoms with Crippen molar-refractivity contribution < 1.29 is 14.6 Å². The lowest BCUT2D eigenvalue weighted by molar-refractivity contribution is -0.133. The highest BCUT2D eigenvalue weighted by atomic mass is 16.5. The van der Waals surface area contributed by atoms with Gasteiger partial charge in [0.25, 0.3) is 0 Å². The molecule has 1 aliphatic heterocycles. The van der Waals surface area contributed by atoms with E-state index >= 15 is 0 Å². The Morgan fingerprint density at radius 3 is 3.00 bits per heavy atom. The molecule has 0 aromatic carbocycles. The topological polar surface area (TPSA) is 61.8 Å². The first-order valence-corrected chi connectivity index (χ1v) is 5.84.